The predicted molar refractivity (Wildman–Crippen MR) is 102 cm³/mol. The van der Waals surface area contributed by atoms with E-state index in [2.05, 4.69) is 35.1 Å². The first-order valence-electron chi connectivity index (χ1n) is 8.74. The molecule has 0 unspecified atom stereocenters. The predicted octanol–water partition coefficient (Wildman–Crippen LogP) is 1.86. The number of aromatic amines is 1. The molecule has 0 saturated heterocycles. The highest BCUT2D eigenvalue weighted by Crippen LogP contribution is 2.50. The van der Waals surface area contributed by atoms with Gasteiger partial charge in [0.2, 0.25) is 11.9 Å². The van der Waals surface area contributed by atoms with Gasteiger partial charge >= 0.3 is 0 Å². The van der Waals surface area contributed by atoms with E-state index in [1.54, 1.807) is 6.20 Å². The number of rotatable bonds is 4. The fourth-order valence-corrected chi connectivity index (χ4v) is 3.47. The zero-order valence-corrected chi connectivity index (χ0v) is 15.1. The number of nitrogens with two attached hydrogens (primary N) is 1. The van der Waals surface area contributed by atoms with Crippen molar-refractivity contribution in [2.75, 3.05) is 17.7 Å². The lowest BCUT2D eigenvalue weighted by Crippen LogP contribution is -2.34. The third kappa shape index (κ3) is 2.50. The van der Waals surface area contributed by atoms with Gasteiger partial charge in [-0.25, -0.2) is 0 Å². The normalized spacial score (nSPS) is 15.2. The van der Waals surface area contributed by atoms with Crippen LogP contribution in [0.3, 0.4) is 0 Å². The van der Waals surface area contributed by atoms with E-state index in [0.717, 1.165) is 35.0 Å². The van der Waals surface area contributed by atoms with E-state index in [1.807, 2.05) is 49.2 Å². The number of aromatic nitrogens is 7. The molecular formula is C18H19N9. The fourth-order valence-electron chi connectivity index (χ4n) is 3.47. The number of nitrogen functional groups attached to an aromatic ring is 1. The van der Waals surface area contributed by atoms with Gasteiger partial charge < -0.3 is 10.6 Å². The van der Waals surface area contributed by atoms with Crippen LogP contribution in [0.5, 0.6) is 0 Å². The second-order valence-electron chi connectivity index (χ2n) is 6.95. The molecule has 3 aromatic heterocycles. The van der Waals surface area contributed by atoms with Gasteiger partial charge in [-0.05, 0) is 25.0 Å². The minimum Gasteiger partial charge on any atom is -0.368 e. The first-order chi connectivity index (χ1) is 13.0. The van der Waals surface area contributed by atoms with Crippen molar-refractivity contribution < 1.29 is 0 Å². The summed E-state index contributed by atoms with van der Waals surface area (Å²) >= 11 is 0. The molecule has 0 bridgehead atoms. The number of H-pyrrole nitrogens is 1. The summed E-state index contributed by atoms with van der Waals surface area (Å²) in [6.45, 7) is 0. The number of nitrogens with one attached hydrogen (secondary N) is 1. The summed E-state index contributed by atoms with van der Waals surface area (Å²) in [5.74, 6) is 1.28. The molecule has 5 rings (SSSR count). The van der Waals surface area contributed by atoms with Crippen LogP contribution >= 0.6 is 0 Å². The van der Waals surface area contributed by atoms with Crippen LogP contribution in [0.1, 0.15) is 18.5 Å². The van der Waals surface area contributed by atoms with Gasteiger partial charge in [0.25, 0.3) is 0 Å². The summed E-state index contributed by atoms with van der Waals surface area (Å²) < 4.78 is 1.82. The van der Waals surface area contributed by atoms with E-state index in [4.69, 9.17) is 5.73 Å². The molecule has 0 amide bonds. The van der Waals surface area contributed by atoms with Crippen LogP contribution in [-0.4, -0.2) is 42.0 Å². The number of hydrogen-bond donors (Lipinski definition) is 2. The van der Waals surface area contributed by atoms with Crippen LogP contribution in [0.25, 0.3) is 22.3 Å². The van der Waals surface area contributed by atoms with E-state index in [1.165, 1.54) is 0 Å². The summed E-state index contributed by atoms with van der Waals surface area (Å²) in [7, 11) is 3.91. The maximum atomic E-state index is 6.00. The van der Waals surface area contributed by atoms with Gasteiger partial charge in [-0.15, -0.1) is 0 Å². The van der Waals surface area contributed by atoms with Crippen LogP contribution in [0.2, 0.25) is 0 Å². The van der Waals surface area contributed by atoms with Crippen molar-refractivity contribution in [3.8, 4) is 11.4 Å². The molecule has 1 aliphatic rings. The summed E-state index contributed by atoms with van der Waals surface area (Å²) in [6.07, 6.45) is 5.74. The summed E-state index contributed by atoms with van der Waals surface area (Å²) in [5, 5.41) is 12.6. The molecule has 1 saturated carbocycles. The third-order valence-corrected chi connectivity index (χ3v) is 5.20. The van der Waals surface area contributed by atoms with Crippen molar-refractivity contribution in [3.05, 3.63) is 42.4 Å². The second kappa shape index (κ2) is 5.50. The number of nitrogens with zero attached hydrogens (tertiary/aromatic N) is 7. The quantitative estimate of drug-likeness (QED) is 0.570. The highest BCUT2D eigenvalue weighted by molar-refractivity contribution is 5.82. The van der Waals surface area contributed by atoms with Gasteiger partial charge in [-0.1, -0.05) is 12.1 Å². The lowest BCUT2D eigenvalue weighted by molar-refractivity contribution is 0.608. The maximum Gasteiger partial charge on any atom is 0.231 e. The Morgan fingerprint density at radius 1 is 1.19 bits per heavy atom. The Bertz CT molecular complexity index is 1140. The van der Waals surface area contributed by atoms with Gasteiger partial charge in [0.1, 0.15) is 0 Å². The van der Waals surface area contributed by atoms with Crippen LogP contribution in [0.4, 0.5) is 11.9 Å². The molecule has 9 heteroatoms. The lowest BCUT2D eigenvalue weighted by atomic mass is 10.1. The molecule has 1 fully saturated rings. The number of benzene rings is 1. The van der Waals surface area contributed by atoms with E-state index in [9.17, 15) is 0 Å². The van der Waals surface area contributed by atoms with Gasteiger partial charge in [0.15, 0.2) is 5.82 Å². The van der Waals surface area contributed by atoms with Gasteiger partial charge in [-0.3, -0.25) is 9.78 Å². The van der Waals surface area contributed by atoms with Crippen LogP contribution < -0.4 is 10.6 Å². The molecule has 0 spiro atoms. The third-order valence-electron chi connectivity index (χ3n) is 5.20. The molecule has 3 heterocycles. The Morgan fingerprint density at radius 2 is 2.04 bits per heavy atom. The fraction of sp³-hybridized carbons (Fsp3) is 0.278. The zero-order valence-electron chi connectivity index (χ0n) is 15.1. The average Bonchev–Trinajstić information content (AvgIpc) is 3.12. The summed E-state index contributed by atoms with van der Waals surface area (Å²) in [5.41, 5.74) is 8.63. The van der Waals surface area contributed by atoms with E-state index in [-0.39, 0.29) is 11.5 Å². The van der Waals surface area contributed by atoms with E-state index >= 15 is 0 Å². The van der Waals surface area contributed by atoms with Crippen molar-refractivity contribution in [2.24, 2.45) is 7.05 Å². The molecule has 3 N–H and O–H groups in total. The van der Waals surface area contributed by atoms with Crippen molar-refractivity contribution in [2.45, 2.75) is 18.4 Å². The summed E-state index contributed by atoms with van der Waals surface area (Å²) in [4.78, 5) is 15.5. The zero-order chi connectivity index (χ0) is 18.6. The molecule has 9 nitrogen and oxygen atoms in total. The SMILES string of the molecule is CN(c1nc(N)nc(-c2ccc3cn[nH]c3c2)n1)C1(c2ccn(C)n2)CC1. The molecule has 27 heavy (non-hydrogen) atoms. The second-order valence-corrected chi connectivity index (χ2v) is 6.95. The van der Waals surface area contributed by atoms with Crippen LogP contribution in [0, 0.1) is 0 Å². The van der Waals surface area contributed by atoms with E-state index in [0.29, 0.717) is 11.8 Å². The van der Waals surface area contributed by atoms with Crippen molar-refractivity contribution in [1.82, 2.24) is 34.9 Å². The minimum atomic E-state index is -0.181. The molecule has 1 aromatic carbocycles. The molecule has 1 aliphatic carbocycles. The Balaban J connectivity index is 1.55. The molecular weight excluding hydrogens is 342 g/mol. The molecule has 0 atom stereocenters. The highest BCUT2D eigenvalue weighted by atomic mass is 15.4. The molecule has 0 aliphatic heterocycles. The number of anilines is 2. The first-order valence-corrected chi connectivity index (χ1v) is 8.74. The first kappa shape index (κ1) is 15.7. The Labute approximate surface area is 155 Å². The average molecular weight is 361 g/mol. The van der Waals surface area contributed by atoms with E-state index < -0.39 is 0 Å². The number of aryl methyl sites for hydroxylation is 1. The van der Waals surface area contributed by atoms with Gasteiger partial charge in [-0.2, -0.15) is 25.1 Å². The highest BCUT2D eigenvalue weighted by Gasteiger charge is 2.51. The smallest absolute Gasteiger partial charge is 0.231 e. The van der Waals surface area contributed by atoms with Crippen molar-refractivity contribution >= 4 is 22.8 Å². The molecule has 4 aromatic rings. The molecule has 0 radical (unpaired) electrons. The Kier molecular flexibility index (Phi) is 3.21. The standard InChI is InChI=1S/C18H19N9/c1-26-8-5-14(25-26)18(6-7-18)27(2)17-22-15(21-16(19)23-17)11-3-4-12-10-20-24-13(12)9-11/h3-5,8-10H,6-7H2,1-2H3,(H,20,24)(H2,19,21,22,23). The van der Waals surface area contributed by atoms with Gasteiger partial charge in [0.05, 0.1) is 22.9 Å². The molecule has 136 valence electrons. The lowest BCUT2D eigenvalue weighted by Gasteiger charge is -2.27. The Hall–Kier alpha value is -3.49. The largest absolute Gasteiger partial charge is 0.368 e. The van der Waals surface area contributed by atoms with Crippen LogP contribution in [-0.2, 0) is 12.6 Å². The Morgan fingerprint density at radius 3 is 2.78 bits per heavy atom. The summed E-state index contributed by atoms with van der Waals surface area (Å²) in [6, 6.07) is 7.95. The van der Waals surface area contributed by atoms with Crippen molar-refractivity contribution in [1.29, 1.82) is 0 Å². The number of fused-ring (bicyclic) bond motifs is 1. The van der Waals surface area contributed by atoms with Gasteiger partial charge in [0, 0.05) is 31.2 Å². The topological polar surface area (TPSA) is 114 Å². The maximum absolute atomic E-state index is 6.00. The number of hydrogen-bond acceptors (Lipinski definition) is 7. The monoisotopic (exact) mass is 361 g/mol. The van der Waals surface area contributed by atoms with Crippen molar-refractivity contribution in [3.63, 3.8) is 0 Å². The van der Waals surface area contributed by atoms with Crippen LogP contribution in [0.15, 0.2) is 36.7 Å². The minimum absolute atomic E-state index is 0.181.